The molecule has 5 heteroatoms. The van der Waals surface area contributed by atoms with Crippen molar-refractivity contribution in [1.29, 1.82) is 0 Å². The molecule has 4 rings (SSSR count). The second kappa shape index (κ2) is 7.42. The van der Waals surface area contributed by atoms with Gasteiger partial charge in [-0.05, 0) is 57.3 Å². The minimum atomic E-state index is -0.0762. The molecule has 0 unspecified atom stereocenters. The van der Waals surface area contributed by atoms with Crippen LogP contribution in [0.25, 0.3) is 0 Å². The van der Waals surface area contributed by atoms with Gasteiger partial charge in [0.1, 0.15) is 5.60 Å². The molecule has 0 radical (unpaired) electrons. The van der Waals surface area contributed by atoms with E-state index >= 15 is 0 Å². The largest absolute Gasteiger partial charge is 0.377 e. The molecule has 1 spiro atoms. The van der Waals surface area contributed by atoms with Crippen molar-refractivity contribution in [2.75, 3.05) is 52.5 Å². The maximum Gasteiger partial charge on any atom is 0.104 e. The van der Waals surface area contributed by atoms with E-state index in [0.29, 0.717) is 5.92 Å². The summed E-state index contributed by atoms with van der Waals surface area (Å²) in [6, 6.07) is 4.49. The Balaban J connectivity index is 1.36. The molecule has 4 heterocycles. The number of hydrogen-bond donors (Lipinski definition) is 0. The summed E-state index contributed by atoms with van der Waals surface area (Å²) in [5.41, 5.74) is -0.0762. The zero-order chi connectivity index (χ0) is 16.4. The van der Waals surface area contributed by atoms with Gasteiger partial charge in [-0.25, -0.2) is 0 Å². The first-order chi connectivity index (χ1) is 11.7. The molecule has 0 aliphatic carbocycles. The molecule has 1 aromatic rings. The Morgan fingerprint density at radius 2 is 2.08 bits per heavy atom. The zero-order valence-electron chi connectivity index (χ0n) is 14.8. The molecule has 0 amide bonds. The molecule has 134 valence electrons. The molecule has 0 saturated carbocycles. The second-order valence-corrected chi connectivity index (χ2v) is 9.22. The minimum Gasteiger partial charge on any atom is -0.377 e. The number of nitrogens with zero attached hydrogens (tertiary/aromatic N) is 2. The number of ether oxygens (including phenoxy) is 2. The molecule has 3 fully saturated rings. The number of hydrogen-bond acceptors (Lipinski definition) is 5. The standard InChI is InChI=1S/C19H30N2O2S/c1-16-4-5-18(24-16)12-21-8-9-22-15-19(14-21)10-17(13-23-19)11-20-6-2-3-7-20/h4-5,17H,2-3,6-15H2,1H3/t17-,19+/m1/s1. The molecule has 1 aromatic heterocycles. The van der Waals surface area contributed by atoms with E-state index < -0.39 is 0 Å². The van der Waals surface area contributed by atoms with E-state index in [1.54, 1.807) is 0 Å². The van der Waals surface area contributed by atoms with Crippen molar-refractivity contribution < 1.29 is 9.47 Å². The first-order valence-electron chi connectivity index (χ1n) is 9.43. The second-order valence-electron chi connectivity index (χ2n) is 7.85. The molecular formula is C19H30N2O2S. The third kappa shape index (κ3) is 4.02. The lowest BCUT2D eigenvalue weighted by atomic mass is 9.94. The summed E-state index contributed by atoms with van der Waals surface area (Å²) in [5.74, 6) is 0.677. The lowest BCUT2D eigenvalue weighted by Gasteiger charge is -2.31. The van der Waals surface area contributed by atoms with Crippen molar-refractivity contribution in [2.24, 2.45) is 5.92 Å². The Kier molecular flexibility index (Phi) is 5.25. The average molecular weight is 351 g/mol. The van der Waals surface area contributed by atoms with Crippen molar-refractivity contribution in [3.05, 3.63) is 21.9 Å². The van der Waals surface area contributed by atoms with Crippen molar-refractivity contribution in [1.82, 2.24) is 9.80 Å². The van der Waals surface area contributed by atoms with Crippen LogP contribution in [0.2, 0.25) is 0 Å². The van der Waals surface area contributed by atoms with Gasteiger partial charge in [-0.3, -0.25) is 4.90 Å². The van der Waals surface area contributed by atoms with Crippen LogP contribution in [-0.2, 0) is 16.0 Å². The molecule has 0 N–H and O–H groups in total. The summed E-state index contributed by atoms with van der Waals surface area (Å²) in [4.78, 5) is 8.01. The van der Waals surface area contributed by atoms with E-state index in [2.05, 4.69) is 28.9 Å². The first-order valence-corrected chi connectivity index (χ1v) is 10.2. The van der Waals surface area contributed by atoms with Crippen LogP contribution >= 0.6 is 11.3 Å². The van der Waals surface area contributed by atoms with Gasteiger partial charge in [-0.2, -0.15) is 0 Å². The quantitative estimate of drug-likeness (QED) is 0.834. The fourth-order valence-electron chi connectivity index (χ4n) is 4.51. The Bertz CT molecular complexity index is 543. The SMILES string of the molecule is Cc1ccc(CN2CCOC[C@]3(C[C@H](CN4CCCC4)CO3)C2)s1. The lowest BCUT2D eigenvalue weighted by Crippen LogP contribution is -2.44. The van der Waals surface area contributed by atoms with E-state index in [0.717, 1.165) is 45.9 Å². The normalized spacial score (nSPS) is 32.6. The predicted molar refractivity (Wildman–Crippen MR) is 97.6 cm³/mol. The minimum absolute atomic E-state index is 0.0762. The zero-order valence-corrected chi connectivity index (χ0v) is 15.7. The number of aryl methyl sites for hydroxylation is 1. The molecule has 3 saturated heterocycles. The third-order valence-corrected chi connectivity index (χ3v) is 6.59. The summed E-state index contributed by atoms with van der Waals surface area (Å²) in [6.45, 7) is 11.5. The van der Waals surface area contributed by atoms with Gasteiger partial charge in [0.25, 0.3) is 0 Å². The van der Waals surface area contributed by atoms with Gasteiger partial charge in [0.2, 0.25) is 0 Å². The average Bonchev–Trinajstić information content (AvgIpc) is 3.25. The van der Waals surface area contributed by atoms with Gasteiger partial charge in [0.05, 0.1) is 19.8 Å². The highest BCUT2D eigenvalue weighted by molar-refractivity contribution is 7.11. The first kappa shape index (κ1) is 17.0. The molecule has 24 heavy (non-hydrogen) atoms. The van der Waals surface area contributed by atoms with Gasteiger partial charge in [0.15, 0.2) is 0 Å². The summed E-state index contributed by atoms with van der Waals surface area (Å²) in [7, 11) is 0. The fourth-order valence-corrected chi connectivity index (χ4v) is 5.44. The highest BCUT2D eigenvalue weighted by atomic mass is 32.1. The molecule has 3 aliphatic rings. The van der Waals surface area contributed by atoms with Gasteiger partial charge >= 0.3 is 0 Å². The van der Waals surface area contributed by atoms with Crippen molar-refractivity contribution in [3.63, 3.8) is 0 Å². The Labute approximate surface area is 149 Å². The molecular weight excluding hydrogens is 320 g/mol. The summed E-state index contributed by atoms with van der Waals surface area (Å²) < 4.78 is 12.3. The monoisotopic (exact) mass is 350 g/mol. The van der Waals surface area contributed by atoms with Crippen LogP contribution in [-0.4, -0.2) is 67.9 Å². The van der Waals surface area contributed by atoms with Crippen molar-refractivity contribution in [3.8, 4) is 0 Å². The van der Waals surface area contributed by atoms with Crippen LogP contribution in [0, 0.1) is 12.8 Å². The van der Waals surface area contributed by atoms with Gasteiger partial charge in [-0.1, -0.05) is 0 Å². The maximum absolute atomic E-state index is 6.37. The number of thiophene rings is 1. The van der Waals surface area contributed by atoms with Crippen LogP contribution in [0.5, 0.6) is 0 Å². The topological polar surface area (TPSA) is 24.9 Å². The predicted octanol–water partition coefficient (Wildman–Crippen LogP) is 2.76. The van der Waals surface area contributed by atoms with Crippen LogP contribution < -0.4 is 0 Å². The fraction of sp³-hybridized carbons (Fsp3) is 0.789. The van der Waals surface area contributed by atoms with Crippen LogP contribution in [0.15, 0.2) is 12.1 Å². The third-order valence-electron chi connectivity index (χ3n) is 5.61. The summed E-state index contributed by atoms with van der Waals surface area (Å²) >= 11 is 1.91. The highest BCUT2D eigenvalue weighted by Gasteiger charge is 2.43. The molecule has 2 atom stereocenters. The van der Waals surface area contributed by atoms with Gasteiger partial charge in [-0.15, -0.1) is 11.3 Å². The lowest BCUT2D eigenvalue weighted by molar-refractivity contribution is -0.0562. The van der Waals surface area contributed by atoms with E-state index in [1.807, 2.05) is 11.3 Å². The van der Waals surface area contributed by atoms with Gasteiger partial charge < -0.3 is 14.4 Å². The summed E-state index contributed by atoms with van der Waals surface area (Å²) in [6.07, 6.45) is 3.90. The molecule has 0 bridgehead atoms. The number of rotatable bonds is 4. The van der Waals surface area contributed by atoms with E-state index in [9.17, 15) is 0 Å². The molecule has 3 aliphatic heterocycles. The molecule has 0 aromatic carbocycles. The van der Waals surface area contributed by atoms with Crippen LogP contribution in [0.1, 0.15) is 29.0 Å². The summed E-state index contributed by atoms with van der Waals surface area (Å²) in [5, 5.41) is 0. The van der Waals surface area contributed by atoms with E-state index in [1.165, 1.54) is 42.2 Å². The highest BCUT2D eigenvalue weighted by Crippen LogP contribution is 2.34. The van der Waals surface area contributed by atoms with Crippen molar-refractivity contribution >= 4 is 11.3 Å². The Morgan fingerprint density at radius 1 is 1.21 bits per heavy atom. The van der Waals surface area contributed by atoms with Crippen LogP contribution in [0.4, 0.5) is 0 Å². The van der Waals surface area contributed by atoms with Crippen molar-refractivity contribution in [2.45, 2.75) is 38.3 Å². The molecule has 4 nitrogen and oxygen atoms in total. The number of likely N-dealkylation sites (tertiary alicyclic amines) is 1. The van der Waals surface area contributed by atoms with Crippen LogP contribution in [0.3, 0.4) is 0 Å². The Morgan fingerprint density at radius 3 is 2.88 bits per heavy atom. The Hall–Kier alpha value is -0.460. The van der Waals surface area contributed by atoms with E-state index in [4.69, 9.17) is 9.47 Å². The van der Waals surface area contributed by atoms with E-state index in [-0.39, 0.29) is 5.60 Å². The van der Waals surface area contributed by atoms with Gasteiger partial charge in [0, 0.05) is 35.9 Å². The maximum atomic E-state index is 6.37. The smallest absolute Gasteiger partial charge is 0.104 e.